The number of esters is 1. The van der Waals surface area contributed by atoms with Gasteiger partial charge in [-0.05, 0) is 12.8 Å². The van der Waals surface area contributed by atoms with Crippen molar-refractivity contribution in [3.8, 4) is 0 Å². The van der Waals surface area contributed by atoms with Gasteiger partial charge in [-0.3, -0.25) is 9.59 Å². The van der Waals surface area contributed by atoms with Crippen molar-refractivity contribution >= 4 is 17.9 Å². The van der Waals surface area contributed by atoms with Gasteiger partial charge in [-0.2, -0.15) is 0 Å². The summed E-state index contributed by atoms with van der Waals surface area (Å²) in [4.78, 5) is 32.9. The molecule has 0 aromatic carbocycles. The molecule has 0 fully saturated rings. The van der Waals surface area contributed by atoms with E-state index in [-0.39, 0.29) is 19.3 Å². The first-order valence-electron chi connectivity index (χ1n) is 8.46. The molecule has 0 aliphatic carbocycles. The second-order valence-electron chi connectivity index (χ2n) is 6.85. The van der Waals surface area contributed by atoms with Crippen LogP contribution in [-0.4, -0.2) is 61.3 Å². The summed E-state index contributed by atoms with van der Waals surface area (Å²) < 4.78 is 5.71. The highest BCUT2D eigenvalue weighted by molar-refractivity contribution is 5.72. The molecule has 0 bridgehead atoms. The standard InChI is InChI=1S/C19H29NO6/c1-20(2,3)15-16(14-18(23)24)26-19(25)13-11-9-7-5-4-6-8-10-12-17(21)22/h4-5,8-11,16H,6-7,12-15H2,1-3H3,(H-,21,22,23,24)/b5-4+,10-8+,11-9+. The third-order valence-corrected chi connectivity index (χ3v) is 3.07. The third-order valence-electron chi connectivity index (χ3n) is 3.07. The molecule has 0 aliphatic heterocycles. The first kappa shape index (κ1) is 23.6. The average molecular weight is 367 g/mol. The number of carboxylic acids is 2. The fourth-order valence-corrected chi connectivity index (χ4v) is 2.08. The molecule has 0 aliphatic rings. The summed E-state index contributed by atoms with van der Waals surface area (Å²) in [6.07, 6.45) is 11.0. The fraction of sp³-hybridized carbons (Fsp3) is 0.526. The van der Waals surface area contributed by atoms with Crippen molar-refractivity contribution in [2.75, 3.05) is 27.7 Å². The minimum absolute atomic E-state index is 0.0167. The molecule has 0 aromatic heterocycles. The minimum Gasteiger partial charge on any atom is -0.550 e. The molecule has 0 aromatic rings. The van der Waals surface area contributed by atoms with Crippen LogP contribution in [0.5, 0.6) is 0 Å². The third kappa shape index (κ3) is 16.4. The van der Waals surface area contributed by atoms with Crippen LogP contribution in [0.2, 0.25) is 0 Å². The van der Waals surface area contributed by atoms with E-state index in [1.807, 2.05) is 39.4 Å². The Balaban J connectivity index is 4.13. The Hall–Kier alpha value is -2.41. The molecule has 0 heterocycles. The highest BCUT2D eigenvalue weighted by Gasteiger charge is 2.21. The molecule has 0 saturated heterocycles. The Labute approximate surface area is 154 Å². The van der Waals surface area contributed by atoms with Gasteiger partial charge in [-0.15, -0.1) is 0 Å². The number of rotatable bonds is 13. The maximum Gasteiger partial charge on any atom is 0.310 e. The normalized spacial score (nSPS) is 13.5. The molecular formula is C19H29NO6. The van der Waals surface area contributed by atoms with Gasteiger partial charge in [0, 0.05) is 12.4 Å². The van der Waals surface area contributed by atoms with Crippen LogP contribution in [0.3, 0.4) is 0 Å². The lowest BCUT2D eigenvalue weighted by Gasteiger charge is -2.29. The van der Waals surface area contributed by atoms with Gasteiger partial charge in [0.05, 0.1) is 34.0 Å². The van der Waals surface area contributed by atoms with E-state index in [2.05, 4.69) is 0 Å². The van der Waals surface area contributed by atoms with E-state index in [1.165, 1.54) is 0 Å². The van der Waals surface area contributed by atoms with E-state index in [0.29, 0.717) is 23.9 Å². The predicted molar refractivity (Wildman–Crippen MR) is 95.9 cm³/mol. The maximum absolute atomic E-state index is 11.8. The molecule has 7 heteroatoms. The van der Waals surface area contributed by atoms with Gasteiger partial charge >= 0.3 is 11.9 Å². The molecule has 0 amide bonds. The summed E-state index contributed by atoms with van der Waals surface area (Å²) in [6, 6.07) is 0. The van der Waals surface area contributed by atoms with Gasteiger partial charge in [0.15, 0.2) is 6.10 Å². The van der Waals surface area contributed by atoms with E-state index < -0.39 is 24.0 Å². The van der Waals surface area contributed by atoms with Crippen LogP contribution >= 0.6 is 0 Å². The van der Waals surface area contributed by atoms with Crippen molar-refractivity contribution in [1.29, 1.82) is 0 Å². The minimum atomic E-state index is -1.24. The second-order valence-corrected chi connectivity index (χ2v) is 6.85. The molecule has 26 heavy (non-hydrogen) atoms. The Morgan fingerprint density at radius 1 is 0.962 bits per heavy atom. The van der Waals surface area contributed by atoms with Crippen LogP contribution in [0, 0.1) is 0 Å². The summed E-state index contributed by atoms with van der Waals surface area (Å²) in [7, 11) is 5.66. The number of carbonyl (C=O) groups is 3. The Bertz CT molecular complexity index is 543. The highest BCUT2D eigenvalue weighted by atomic mass is 16.5. The maximum atomic E-state index is 11.8. The van der Waals surface area contributed by atoms with Crippen LogP contribution in [0.15, 0.2) is 36.5 Å². The SMILES string of the molecule is C[N+](C)(C)CC(CC(=O)[O-])OC(=O)C/C=C/C/C=C/C/C=C/CC(=O)O. The molecular weight excluding hydrogens is 338 g/mol. The smallest absolute Gasteiger partial charge is 0.310 e. The molecule has 1 N–H and O–H groups in total. The quantitative estimate of drug-likeness (QED) is 0.296. The number of likely N-dealkylation sites (N-methyl/N-ethyl adjacent to an activating group) is 1. The number of carbonyl (C=O) groups excluding carboxylic acids is 2. The van der Waals surface area contributed by atoms with Crippen molar-refractivity contribution in [2.45, 2.75) is 38.2 Å². The molecule has 7 nitrogen and oxygen atoms in total. The van der Waals surface area contributed by atoms with Crippen LogP contribution in [0.25, 0.3) is 0 Å². The summed E-state index contributed by atoms with van der Waals surface area (Å²) in [5.74, 6) is -2.57. The number of hydrogen-bond acceptors (Lipinski definition) is 5. The topological polar surface area (TPSA) is 104 Å². The van der Waals surface area contributed by atoms with Crippen LogP contribution in [0.1, 0.15) is 32.1 Å². The van der Waals surface area contributed by atoms with Crippen LogP contribution < -0.4 is 5.11 Å². The molecule has 1 unspecified atom stereocenters. The van der Waals surface area contributed by atoms with Gasteiger partial charge in [0.25, 0.3) is 0 Å². The van der Waals surface area contributed by atoms with Gasteiger partial charge in [0.2, 0.25) is 0 Å². The Morgan fingerprint density at radius 3 is 1.92 bits per heavy atom. The van der Waals surface area contributed by atoms with E-state index in [1.54, 1.807) is 18.2 Å². The second kappa shape index (κ2) is 12.9. The molecule has 1 atom stereocenters. The Morgan fingerprint density at radius 2 is 1.46 bits per heavy atom. The zero-order chi connectivity index (χ0) is 20.0. The van der Waals surface area contributed by atoms with Gasteiger partial charge < -0.3 is 24.2 Å². The van der Waals surface area contributed by atoms with Crippen molar-refractivity contribution < 1.29 is 33.8 Å². The number of ether oxygens (including phenoxy) is 1. The van der Waals surface area contributed by atoms with E-state index in [4.69, 9.17) is 9.84 Å². The van der Waals surface area contributed by atoms with Crippen molar-refractivity contribution in [1.82, 2.24) is 0 Å². The number of aliphatic carboxylic acids is 2. The zero-order valence-corrected chi connectivity index (χ0v) is 15.7. The van der Waals surface area contributed by atoms with Gasteiger partial charge in [-0.1, -0.05) is 36.5 Å². The van der Waals surface area contributed by atoms with Crippen LogP contribution in [-0.2, 0) is 19.1 Å². The van der Waals surface area contributed by atoms with E-state index >= 15 is 0 Å². The van der Waals surface area contributed by atoms with Gasteiger partial charge in [-0.25, -0.2) is 0 Å². The summed E-state index contributed by atoms with van der Waals surface area (Å²) >= 11 is 0. The number of hydrogen-bond donors (Lipinski definition) is 1. The first-order chi connectivity index (χ1) is 12.1. The fourth-order valence-electron chi connectivity index (χ4n) is 2.08. The van der Waals surface area contributed by atoms with E-state index in [9.17, 15) is 19.5 Å². The first-order valence-corrected chi connectivity index (χ1v) is 8.46. The molecule has 0 saturated carbocycles. The van der Waals surface area contributed by atoms with Crippen molar-refractivity contribution in [3.63, 3.8) is 0 Å². The van der Waals surface area contributed by atoms with Crippen molar-refractivity contribution in [3.05, 3.63) is 36.5 Å². The summed E-state index contributed by atoms with van der Waals surface area (Å²) in [5, 5.41) is 19.2. The summed E-state index contributed by atoms with van der Waals surface area (Å²) in [5.41, 5.74) is 0. The lowest BCUT2D eigenvalue weighted by Crippen LogP contribution is -2.45. The monoisotopic (exact) mass is 367 g/mol. The Kier molecular flexibility index (Phi) is 11.7. The lowest BCUT2D eigenvalue weighted by atomic mass is 10.2. The average Bonchev–Trinajstić information content (AvgIpc) is 2.46. The highest BCUT2D eigenvalue weighted by Crippen LogP contribution is 2.06. The van der Waals surface area contributed by atoms with Gasteiger partial charge in [0.1, 0.15) is 6.54 Å². The molecule has 0 rings (SSSR count). The predicted octanol–water partition coefficient (Wildman–Crippen LogP) is 1.06. The molecule has 146 valence electrons. The number of allylic oxidation sites excluding steroid dienone is 4. The number of nitrogens with zero attached hydrogens (tertiary/aromatic N) is 1. The largest absolute Gasteiger partial charge is 0.550 e. The zero-order valence-electron chi connectivity index (χ0n) is 15.7. The number of carboxylic acid groups (broad SMARTS) is 2. The lowest BCUT2D eigenvalue weighted by molar-refractivity contribution is -0.873. The summed E-state index contributed by atoms with van der Waals surface area (Å²) in [6.45, 7) is 0.390. The van der Waals surface area contributed by atoms with Crippen molar-refractivity contribution in [2.24, 2.45) is 0 Å². The molecule has 0 radical (unpaired) electrons. The van der Waals surface area contributed by atoms with E-state index in [0.717, 1.165) is 0 Å². The number of quaternary nitrogens is 1. The van der Waals surface area contributed by atoms with Crippen LogP contribution in [0.4, 0.5) is 0 Å². The molecule has 0 spiro atoms.